The first-order valence-electron chi connectivity index (χ1n) is 16.8. The molecule has 0 radical (unpaired) electrons. The van der Waals surface area contributed by atoms with E-state index in [1.807, 2.05) is 18.2 Å². The van der Waals surface area contributed by atoms with Crippen LogP contribution in [0.25, 0.3) is 0 Å². The fourth-order valence-corrected chi connectivity index (χ4v) is 4.68. The molecule has 0 aliphatic rings. The zero-order valence-electron chi connectivity index (χ0n) is 28.3. The SMILES string of the molecule is CC/C=C\C/C=C\C/C=C\C/C=C\C/C=C\CC(=O)OC(COC(=O)CCCCCCCCCC)COP(=O)(O)OCC(N)C(=O)O. The molecule has 0 aromatic rings. The van der Waals surface area contributed by atoms with Gasteiger partial charge >= 0.3 is 25.7 Å². The number of rotatable bonds is 30. The molecule has 4 N–H and O–H groups in total. The van der Waals surface area contributed by atoms with Crippen molar-refractivity contribution in [2.45, 2.75) is 122 Å². The maximum absolute atomic E-state index is 12.4. The predicted molar refractivity (Wildman–Crippen MR) is 184 cm³/mol. The summed E-state index contributed by atoms with van der Waals surface area (Å²) < 4.78 is 32.2. The van der Waals surface area contributed by atoms with Crippen molar-refractivity contribution in [3.63, 3.8) is 0 Å². The van der Waals surface area contributed by atoms with Crippen LogP contribution >= 0.6 is 7.82 Å². The van der Waals surface area contributed by atoms with Crippen molar-refractivity contribution >= 4 is 25.7 Å². The van der Waals surface area contributed by atoms with Crippen molar-refractivity contribution in [1.82, 2.24) is 0 Å². The van der Waals surface area contributed by atoms with E-state index in [1.54, 1.807) is 6.08 Å². The van der Waals surface area contributed by atoms with Gasteiger partial charge in [-0.05, 0) is 38.5 Å². The number of nitrogens with two attached hydrogens (primary N) is 1. The lowest BCUT2D eigenvalue weighted by Gasteiger charge is -2.20. The molecule has 0 rings (SSSR count). The van der Waals surface area contributed by atoms with Crippen molar-refractivity contribution in [3.05, 3.63) is 60.8 Å². The average molecular weight is 684 g/mol. The van der Waals surface area contributed by atoms with E-state index in [-0.39, 0.29) is 19.4 Å². The summed E-state index contributed by atoms with van der Waals surface area (Å²) in [6, 6.07) is -1.53. The van der Waals surface area contributed by atoms with Crippen molar-refractivity contribution in [2.24, 2.45) is 5.73 Å². The normalized spacial score (nSPS) is 14.8. The molecule has 3 unspecified atom stereocenters. The van der Waals surface area contributed by atoms with Crippen LogP contribution in [0.5, 0.6) is 0 Å². The summed E-state index contributed by atoms with van der Waals surface area (Å²) in [6.07, 6.45) is 32.1. The molecule has 0 amide bonds. The number of esters is 2. The van der Waals surface area contributed by atoms with Crippen LogP contribution in [-0.2, 0) is 37.5 Å². The molecule has 3 atom stereocenters. The molecule has 11 nitrogen and oxygen atoms in total. The van der Waals surface area contributed by atoms with Gasteiger partial charge in [-0.15, -0.1) is 0 Å². The molecule has 0 saturated carbocycles. The summed E-state index contributed by atoms with van der Waals surface area (Å²) in [7, 11) is -4.73. The summed E-state index contributed by atoms with van der Waals surface area (Å²) in [6.45, 7) is 2.50. The highest BCUT2D eigenvalue weighted by Crippen LogP contribution is 2.43. The van der Waals surface area contributed by atoms with Gasteiger partial charge in [-0.25, -0.2) is 4.57 Å². The maximum atomic E-state index is 12.4. The van der Waals surface area contributed by atoms with E-state index in [2.05, 4.69) is 54.8 Å². The van der Waals surface area contributed by atoms with Crippen molar-refractivity contribution in [3.8, 4) is 0 Å². The van der Waals surface area contributed by atoms with Crippen LogP contribution in [-0.4, -0.2) is 59.9 Å². The molecule has 0 saturated heterocycles. The number of hydrogen-bond donors (Lipinski definition) is 3. The van der Waals surface area contributed by atoms with Crippen molar-refractivity contribution < 1.29 is 47.5 Å². The number of carboxylic acids is 1. The number of carbonyl (C=O) groups excluding carboxylic acids is 2. The molecule has 0 aromatic heterocycles. The first-order chi connectivity index (χ1) is 22.6. The third-order valence-corrected chi connectivity index (χ3v) is 7.51. The highest BCUT2D eigenvalue weighted by atomic mass is 31.2. The van der Waals surface area contributed by atoms with Crippen molar-refractivity contribution in [2.75, 3.05) is 19.8 Å². The van der Waals surface area contributed by atoms with E-state index >= 15 is 0 Å². The molecule has 12 heteroatoms. The molecule has 0 spiro atoms. The number of phosphoric acid groups is 1. The standard InChI is InChI=1S/C35H58NO10P/c1-3-5-7-9-11-13-14-15-16-17-18-19-21-23-25-27-34(38)46-31(29-44-47(41,42)45-30-32(36)35(39)40)28-43-33(37)26-24-22-20-12-10-8-6-4-2/h5,7,11,13,15-16,18-19,23,25,31-32H,3-4,6,8-10,12,14,17,20-22,24,26-30,36H2,1-2H3,(H,39,40)(H,41,42)/b7-5-,13-11-,16-15-,19-18-,25-23-. The van der Waals surface area contributed by atoms with Crippen LogP contribution in [0.1, 0.15) is 110 Å². The molecule has 0 aromatic carbocycles. The van der Waals surface area contributed by atoms with Crippen LogP contribution in [0.4, 0.5) is 0 Å². The van der Waals surface area contributed by atoms with E-state index < -0.39 is 51.1 Å². The van der Waals surface area contributed by atoms with E-state index in [4.69, 9.17) is 24.8 Å². The lowest BCUT2D eigenvalue weighted by atomic mass is 10.1. The second-order valence-corrected chi connectivity index (χ2v) is 12.4. The Hall–Kier alpha value is -2.82. The number of carboxylic acid groups (broad SMARTS) is 1. The van der Waals surface area contributed by atoms with Gasteiger partial charge < -0.3 is 25.2 Å². The molecular weight excluding hydrogens is 625 g/mol. The maximum Gasteiger partial charge on any atom is 0.472 e. The lowest BCUT2D eigenvalue weighted by Crippen LogP contribution is -2.34. The van der Waals surface area contributed by atoms with Gasteiger partial charge in [-0.1, -0.05) is 120 Å². The summed E-state index contributed by atoms with van der Waals surface area (Å²) in [5.74, 6) is -2.55. The van der Waals surface area contributed by atoms with Gasteiger partial charge in [0, 0.05) is 6.42 Å². The molecule has 0 heterocycles. The zero-order chi connectivity index (χ0) is 35.0. The Bertz CT molecular complexity index is 1040. The average Bonchev–Trinajstić information content (AvgIpc) is 3.04. The zero-order valence-corrected chi connectivity index (χ0v) is 29.2. The van der Waals surface area contributed by atoms with Gasteiger partial charge in [0.25, 0.3) is 0 Å². The molecule has 0 bridgehead atoms. The largest absolute Gasteiger partial charge is 0.480 e. The minimum Gasteiger partial charge on any atom is -0.480 e. The summed E-state index contributed by atoms with van der Waals surface area (Å²) >= 11 is 0. The number of phosphoric ester groups is 1. The fraction of sp³-hybridized carbons (Fsp3) is 0.629. The Morgan fingerprint density at radius 1 is 0.681 bits per heavy atom. The lowest BCUT2D eigenvalue weighted by molar-refractivity contribution is -0.160. The van der Waals surface area contributed by atoms with Gasteiger partial charge in [0.1, 0.15) is 12.6 Å². The second-order valence-electron chi connectivity index (χ2n) is 10.9. The molecular formula is C35H58NO10P. The number of allylic oxidation sites excluding steroid dienone is 9. The van der Waals surface area contributed by atoms with Gasteiger partial charge in [0.05, 0.1) is 19.6 Å². The topological polar surface area (TPSA) is 172 Å². The smallest absolute Gasteiger partial charge is 0.472 e. The number of hydrogen-bond acceptors (Lipinski definition) is 9. The van der Waals surface area contributed by atoms with Crippen LogP contribution in [0.15, 0.2) is 60.8 Å². The Balaban J connectivity index is 4.68. The van der Waals surface area contributed by atoms with Crippen LogP contribution in [0, 0.1) is 0 Å². The van der Waals surface area contributed by atoms with Gasteiger partial charge in [-0.3, -0.25) is 23.4 Å². The van der Waals surface area contributed by atoms with E-state index in [0.717, 1.165) is 44.9 Å². The van der Waals surface area contributed by atoms with Gasteiger partial charge in [-0.2, -0.15) is 0 Å². The molecule has 0 aliphatic heterocycles. The van der Waals surface area contributed by atoms with Gasteiger partial charge in [0.15, 0.2) is 6.10 Å². The Morgan fingerprint density at radius 2 is 1.17 bits per heavy atom. The first kappa shape index (κ1) is 44.2. The Morgan fingerprint density at radius 3 is 1.70 bits per heavy atom. The van der Waals surface area contributed by atoms with Crippen LogP contribution in [0.3, 0.4) is 0 Å². The Labute approximate surface area is 281 Å². The van der Waals surface area contributed by atoms with E-state index in [9.17, 15) is 23.8 Å². The summed E-state index contributed by atoms with van der Waals surface area (Å²) in [5.41, 5.74) is 5.29. The molecule has 0 aliphatic carbocycles. The molecule has 0 fully saturated rings. The minimum atomic E-state index is -4.73. The number of carbonyl (C=O) groups is 3. The summed E-state index contributed by atoms with van der Waals surface area (Å²) in [4.78, 5) is 45.4. The highest BCUT2D eigenvalue weighted by Gasteiger charge is 2.28. The van der Waals surface area contributed by atoms with E-state index in [1.165, 1.54) is 25.7 Å². The minimum absolute atomic E-state index is 0.0724. The third-order valence-electron chi connectivity index (χ3n) is 6.56. The molecule has 268 valence electrons. The first-order valence-corrected chi connectivity index (χ1v) is 18.3. The summed E-state index contributed by atoms with van der Waals surface area (Å²) in [5, 5.41) is 8.82. The fourth-order valence-electron chi connectivity index (χ4n) is 3.90. The quantitative estimate of drug-likeness (QED) is 0.0294. The highest BCUT2D eigenvalue weighted by molar-refractivity contribution is 7.47. The molecule has 47 heavy (non-hydrogen) atoms. The Kier molecular flexibility index (Phi) is 28.7. The van der Waals surface area contributed by atoms with Gasteiger partial charge in [0.2, 0.25) is 0 Å². The predicted octanol–water partition coefficient (Wildman–Crippen LogP) is 7.66. The van der Waals surface area contributed by atoms with E-state index in [0.29, 0.717) is 12.8 Å². The third kappa shape index (κ3) is 30.3. The number of aliphatic carboxylic acids is 1. The van der Waals surface area contributed by atoms with Crippen LogP contribution in [0.2, 0.25) is 0 Å². The van der Waals surface area contributed by atoms with Crippen LogP contribution < -0.4 is 5.73 Å². The number of ether oxygens (including phenoxy) is 2. The van der Waals surface area contributed by atoms with Crippen molar-refractivity contribution in [1.29, 1.82) is 0 Å². The number of unbranched alkanes of at least 4 members (excludes halogenated alkanes) is 7. The second kappa shape index (κ2) is 30.5. The monoisotopic (exact) mass is 683 g/mol.